The molecule has 0 unspecified atom stereocenters. The van der Waals surface area contributed by atoms with E-state index in [0.717, 1.165) is 15.9 Å². The Kier molecular flexibility index (Phi) is 4.47. The molecule has 1 aromatic carbocycles. The fourth-order valence-electron chi connectivity index (χ4n) is 1.56. The summed E-state index contributed by atoms with van der Waals surface area (Å²) in [5.41, 5.74) is 1.73. The van der Waals surface area contributed by atoms with Crippen molar-refractivity contribution in [3.8, 4) is 0 Å². The van der Waals surface area contributed by atoms with E-state index in [1.807, 2.05) is 42.5 Å². The summed E-state index contributed by atoms with van der Waals surface area (Å²) in [4.78, 5) is 16.0. The second kappa shape index (κ2) is 6.31. The van der Waals surface area contributed by atoms with Crippen LogP contribution < -0.4 is 5.32 Å². The van der Waals surface area contributed by atoms with Crippen LogP contribution in [-0.4, -0.2) is 10.9 Å². The van der Waals surface area contributed by atoms with Crippen LogP contribution in [0.5, 0.6) is 0 Å². The number of carbonyl (C=O) groups excluding carboxylic acids is 1. The van der Waals surface area contributed by atoms with Crippen LogP contribution in [0.25, 0.3) is 0 Å². The zero-order chi connectivity index (χ0) is 12.8. The lowest BCUT2D eigenvalue weighted by molar-refractivity contribution is -0.116. The van der Waals surface area contributed by atoms with Crippen molar-refractivity contribution in [3.05, 3.63) is 58.8 Å². The van der Waals surface area contributed by atoms with Crippen molar-refractivity contribution < 1.29 is 4.79 Å². The van der Waals surface area contributed by atoms with Crippen LogP contribution in [0, 0.1) is 0 Å². The Hall–Kier alpha value is -1.68. The zero-order valence-electron chi connectivity index (χ0n) is 9.77. The number of amides is 1. The number of nitrogens with one attached hydrogen (secondary N) is 1. The molecule has 0 aliphatic rings. The number of anilines is 1. The summed E-state index contributed by atoms with van der Waals surface area (Å²) in [6, 6.07) is 13.3. The standard InChI is InChI=1S/C14H13BrN2O/c15-12-6-1-2-7-13(12)17-14(18)9-8-11-5-3-4-10-16-11/h1-7,10H,8-9H2,(H,17,18). The van der Waals surface area contributed by atoms with E-state index < -0.39 is 0 Å². The number of aryl methyl sites for hydroxylation is 1. The zero-order valence-corrected chi connectivity index (χ0v) is 11.4. The number of carbonyl (C=O) groups is 1. The van der Waals surface area contributed by atoms with Gasteiger partial charge in [0.15, 0.2) is 0 Å². The quantitative estimate of drug-likeness (QED) is 0.940. The Balaban J connectivity index is 1.88. The number of pyridine rings is 1. The lowest BCUT2D eigenvalue weighted by Crippen LogP contribution is -2.12. The van der Waals surface area contributed by atoms with Crippen LogP contribution in [0.3, 0.4) is 0 Å². The lowest BCUT2D eigenvalue weighted by atomic mass is 10.2. The van der Waals surface area contributed by atoms with Gasteiger partial charge in [-0.1, -0.05) is 18.2 Å². The molecule has 4 heteroatoms. The van der Waals surface area contributed by atoms with E-state index in [-0.39, 0.29) is 5.91 Å². The Morgan fingerprint density at radius 3 is 2.67 bits per heavy atom. The second-order valence-electron chi connectivity index (χ2n) is 3.85. The molecule has 0 spiro atoms. The first kappa shape index (κ1) is 12.8. The third-order valence-electron chi connectivity index (χ3n) is 2.48. The van der Waals surface area contributed by atoms with Crippen LogP contribution in [0.15, 0.2) is 53.1 Å². The van der Waals surface area contributed by atoms with Gasteiger partial charge in [0, 0.05) is 22.8 Å². The maximum absolute atomic E-state index is 11.8. The monoisotopic (exact) mass is 304 g/mol. The van der Waals surface area contributed by atoms with Gasteiger partial charge in [-0.3, -0.25) is 9.78 Å². The molecule has 0 aliphatic heterocycles. The predicted molar refractivity (Wildman–Crippen MR) is 75.3 cm³/mol. The van der Waals surface area contributed by atoms with Crippen molar-refractivity contribution in [1.29, 1.82) is 0 Å². The van der Waals surface area contributed by atoms with E-state index in [0.29, 0.717) is 12.8 Å². The summed E-state index contributed by atoms with van der Waals surface area (Å²) in [5, 5.41) is 2.87. The highest BCUT2D eigenvalue weighted by molar-refractivity contribution is 9.10. The highest BCUT2D eigenvalue weighted by Crippen LogP contribution is 2.21. The van der Waals surface area contributed by atoms with Crippen LogP contribution in [-0.2, 0) is 11.2 Å². The maximum atomic E-state index is 11.8. The van der Waals surface area contributed by atoms with Gasteiger partial charge < -0.3 is 5.32 Å². The Morgan fingerprint density at radius 2 is 1.94 bits per heavy atom. The van der Waals surface area contributed by atoms with Gasteiger partial charge in [0.1, 0.15) is 0 Å². The minimum atomic E-state index is -0.00690. The molecule has 2 rings (SSSR count). The average Bonchev–Trinajstić information content (AvgIpc) is 2.40. The molecule has 0 bridgehead atoms. The number of benzene rings is 1. The van der Waals surface area contributed by atoms with Gasteiger partial charge in [-0.2, -0.15) is 0 Å². The number of nitrogens with zero attached hydrogens (tertiary/aromatic N) is 1. The predicted octanol–water partition coefficient (Wildman–Crippen LogP) is 3.42. The number of hydrogen-bond acceptors (Lipinski definition) is 2. The van der Waals surface area contributed by atoms with Gasteiger partial charge >= 0.3 is 0 Å². The molecule has 2 aromatic rings. The summed E-state index contributed by atoms with van der Waals surface area (Å²) in [6.45, 7) is 0. The highest BCUT2D eigenvalue weighted by atomic mass is 79.9. The van der Waals surface area contributed by atoms with Gasteiger partial charge in [-0.25, -0.2) is 0 Å². The molecule has 0 fully saturated rings. The topological polar surface area (TPSA) is 42.0 Å². The summed E-state index contributed by atoms with van der Waals surface area (Å²) in [7, 11) is 0. The van der Waals surface area contributed by atoms with Gasteiger partial charge in [0.25, 0.3) is 0 Å². The van der Waals surface area contributed by atoms with Crippen molar-refractivity contribution in [2.75, 3.05) is 5.32 Å². The van der Waals surface area contributed by atoms with Crippen LogP contribution >= 0.6 is 15.9 Å². The Morgan fingerprint density at radius 1 is 1.17 bits per heavy atom. The molecule has 0 saturated carbocycles. The third-order valence-corrected chi connectivity index (χ3v) is 3.17. The molecule has 1 amide bonds. The normalized spacial score (nSPS) is 10.1. The van der Waals surface area contributed by atoms with Crippen molar-refractivity contribution >= 4 is 27.5 Å². The Labute approximate surface area is 114 Å². The summed E-state index contributed by atoms with van der Waals surface area (Å²) in [6.07, 6.45) is 2.82. The number of rotatable bonds is 4. The third kappa shape index (κ3) is 3.67. The molecule has 1 N–H and O–H groups in total. The fraction of sp³-hybridized carbons (Fsp3) is 0.143. The molecule has 0 aliphatic carbocycles. The minimum absolute atomic E-state index is 0.00690. The van der Waals surface area contributed by atoms with Crippen molar-refractivity contribution in [1.82, 2.24) is 4.98 Å². The van der Waals surface area contributed by atoms with E-state index in [4.69, 9.17) is 0 Å². The van der Waals surface area contributed by atoms with Crippen molar-refractivity contribution in [2.24, 2.45) is 0 Å². The van der Waals surface area contributed by atoms with Gasteiger partial charge in [0.05, 0.1) is 5.69 Å². The minimum Gasteiger partial charge on any atom is -0.325 e. The molecule has 1 heterocycles. The summed E-state index contributed by atoms with van der Waals surface area (Å²) in [5.74, 6) is -0.00690. The molecule has 0 saturated heterocycles. The smallest absolute Gasteiger partial charge is 0.224 e. The van der Waals surface area contributed by atoms with Crippen LogP contribution in [0.4, 0.5) is 5.69 Å². The first-order valence-corrected chi connectivity index (χ1v) is 6.49. The van der Waals surface area contributed by atoms with Gasteiger partial charge in [0.2, 0.25) is 5.91 Å². The molecule has 0 atom stereocenters. The van der Waals surface area contributed by atoms with Gasteiger partial charge in [-0.15, -0.1) is 0 Å². The lowest BCUT2D eigenvalue weighted by Gasteiger charge is -2.06. The van der Waals surface area contributed by atoms with E-state index in [9.17, 15) is 4.79 Å². The molecular formula is C14H13BrN2O. The second-order valence-corrected chi connectivity index (χ2v) is 4.70. The Bertz CT molecular complexity index is 528. The van der Waals surface area contributed by atoms with E-state index >= 15 is 0 Å². The molecule has 1 aromatic heterocycles. The van der Waals surface area contributed by atoms with E-state index in [1.54, 1.807) is 6.20 Å². The average molecular weight is 305 g/mol. The molecule has 0 radical (unpaired) electrons. The van der Waals surface area contributed by atoms with E-state index in [1.165, 1.54) is 0 Å². The molecule has 92 valence electrons. The summed E-state index contributed by atoms with van der Waals surface area (Å²) < 4.78 is 0.885. The molecule has 3 nitrogen and oxygen atoms in total. The first-order valence-electron chi connectivity index (χ1n) is 5.70. The number of aromatic nitrogens is 1. The van der Waals surface area contributed by atoms with E-state index in [2.05, 4.69) is 26.2 Å². The number of hydrogen-bond donors (Lipinski definition) is 1. The highest BCUT2D eigenvalue weighted by Gasteiger charge is 2.05. The van der Waals surface area contributed by atoms with Gasteiger partial charge in [-0.05, 0) is 46.6 Å². The fourth-order valence-corrected chi connectivity index (χ4v) is 1.95. The SMILES string of the molecule is O=C(CCc1ccccn1)Nc1ccccc1Br. The first-order chi connectivity index (χ1) is 8.75. The summed E-state index contributed by atoms with van der Waals surface area (Å²) >= 11 is 3.39. The van der Waals surface area contributed by atoms with Crippen molar-refractivity contribution in [3.63, 3.8) is 0 Å². The van der Waals surface area contributed by atoms with Crippen molar-refractivity contribution in [2.45, 2.75) is 12.8 Å². The number of para-hydroxylation sites is 1. The van der Waals surface area contributed by atoms with Crippen LogP contribution in [0.2, 0.25) is 0 Å². The molecule has 18 heavy (non-hydrogen) atoms. The van der Waals surface area contributed by atoms with Crippen LogP contribution in [0.1, 0.15) is 12.1 Å². The maximum Gasteiger partial charge on any atom is 0.224 e. The largest absolute Gasteiger partial charge is 0.325 e. The number of halogens is 1. The molecular weight excluding hydrogens is 292 g/mol.